The van der Waals surface area contributed by atoms with E-state index in [2.05, 4.69) is 0 Å². The number of nitrogens with two attached hydrogens (primary N) is 1. The predicted molar refractivity (Wildman–Crippen MR) is 104 cm³/mol. The molecule has 0 amide bonds. The molecule has 0 spiro atoms. The molecule has 0 bridgehead atoms. The van der Waals surface area contributed by atoms with Gasteiger partial charge in [0.25, 0.3) is 10.0 Å². The first-order valence-corrected chi connectivity index (χ1v) is 10.0. The second-order valence-corrected chi connectivity index (χ2v) is 8.53. The zero-order valence-corrected chi connectivity index (χ0v) is 15.7. The van der Waals surface area contributed by atoms with Crippen LogP contribution in [-0.2, 0) is 29.3 Å². The van der Waals surface area contributed by atoms with Crippen LogP contribution in [0.2, 0.25) is 0 Å². The van der Waals surface area contributed by atoms with Crippen LogP contribution in [0.15, 0.2) is 41.3 Å². The van der Waals surface area contributed by atoms with Crippen molar-refractivity contribution in [2.24, 2.45) is 0 Å². The molecule has 1 aliphatic heterocycles. The zero-order valence-electron chi connectivity index (χ0n) is 14.1. The first-order valence-electron chi connectivity index (χ1n) is 8.59. The van der Waals surface area contributed by atoms with Gasteiger partial charge in [0.1, 0.15) is 0 Å². The van der Waals surface area contributed by atoms with Crippen molar-refractivity contribution < 1.29 is 8.42 Å². The Balaban J connectivity index is 0.00000182. The molecule has 0 saturated heterocycles. The summed E-state index contributed by atoms with van der Waals surface area (Å²) in [7, 11) is -3.55. The van der Waals surface area contributed by atoms with E-state index in [1.807, 2.05) is 30.3 Å². The van der Waals surface area contributed by atoms with E-state index in [9.17, 15) is 8.42 Å². The van der Waals surface area contributed by atoms with Crippen LogP contribution in [0.5, 0.6) is 0 Å². The molecular formula is C19H23ClN2O2S. The summed E-state index contributed by atoms with van der Waals surface area (Å²) >= 11 is 0. The van der Waals surface area contributed by atoms with Crippen molar-refractivity contribution >= 4 is 33.8 Å². The summed E-state index contributed by atoms with van der Waals surface area (Å²) < 4.78 is 28.0. The fraction of sp³-hybridized carbons (Fsp3) is 0.368. The van der Waals surface area contributed by atoms with Gasteiger partial charge in [-0.05, 0) is 79.5 Å². The molecule has 1 aliphatic carbocycles. The number of benzene rings is 2. The molecule has 0 aromatic heterocycles. The molecule has 134 valence electrons. The molecule has 0 radical (unpaired) electrons. The number of hydrogen-bond donors (Lipinski definition) is 1. The van der Waals surface area contributed by atoms with Crippen molar-refractivity contribution in [1.82, 2.24) is 0 Å². The molecule has 1 heterocycles. The van der Waals surface area contributed by atoms with E-state index in [0.717, 1.165) is 43.4 Å². The smallest absolute Gasteiger partial charge is 0.264 e. The Kier molecular flexibility index (Phi) is 4.98. The van der Waals surface area contributed by atoms with Crippen molar-refractivity contribution in [1.29, 1.82) is 0 Å². The molecule has 4 nitrogen and oxygen atoms in total. The Morgan fingerprint density at radius 1 is 0.920 bits per heavy atom. The zero-order chi connectivity index (χ0) is 16.7. The van der Waals surface area contributed by atoms with Gasteiger partial charge in [-0.2, -0.15) is 0 Å². The lowest BCUT2D eigenvalue weighted by Gasteiger charge is -2.31. The number of halogens is 1. The molecule has 0 fully saturated rings. The molecule has 2 N–H and O–H groups in total. The van der Waals surface area contributed by atoms with Crippen molar-refractivity contribution in [2.45, 2.75) is 43.4 Å². The number of sulfonamides is 1. The van der Waals surface area contributed by atoms with Gasteiger partial charge in [-0.3, -0.25) is 4.31 Å². The van der Waals surface area contributed by atoms with Crippen LogP contribution in [0.3, 0.4) is 0 Å². The SMILES string of the molecule is Cl.Nc1cccc2c1CCCN2S(=O)(=O)c1ccc2c(c1)CCCC2. The maximum atomic E-state index is 13.2. The van der Waals surface area contributed by atoms with Gasteiger partial charge in [-0.1, -0.05) is 12.1 Å². The lowest BCUT2D eigenvalue weighted by atomic mass is 9.92. The molecule has 0 saturated carbocycles. The van der Waals surface area contributed by atoms with E-state index < -0.39 is 10.0 Å². The fourth-order valence-corrected chi connectivity index (χ4v) is 5.45. The molecule has 2 aromatic rings. The minimum absolute atomic E-state index is 0. The van der Waals surface area contributed by atoms with E-state index >= 15 is 0 Å². The van der Waals surface area contributed by atoms with Gasteiger partial charge in [-0.25, -0.2) is 8.42 Å². The molecule has 0 unspecified atom stereocenters. The van der Waals surface area contributed by atoms with E-state index in [0.29, 0.717) is 17.1 Å². The molecule has 2 aliphatic rings. The van der Waals surface area contributed by atoms with E-state index in [4.69, 9.17) is 5.73 Å². The van der Waals surface area contributed by atoms with Crippen molar-refractivity contribution in [3.63, 3.8) is 0 Å². The average Bonchev–Trinajstić information content (AvgIpc) is 2.61. The topological polar surface area (TPSA) is 63.4 Å². The summed E-state index contributed by atoms with van der Waals surface area (Å²) in [4.78, 5) is 0.401. The van der Waals surface area contributed by atoms with Gasteiger partial charge in [0.05, 0.1) is 10.6 Å². The maximum absolute atomic E-state index is 13.2. The Labute approximate surface area is 155 Å². The molecule has 0 atom stereocenters. The summed E-state index contributed by atoms with van der Waals surface area (Å²) in [6.45, 7) is 0.510. The minimum Gasteiger partial charge on any atom is -0.398 e. The standard InChI is InChI=1S/C19H22N2O2S.ClH/c20-18-8-3-9-19-17(18)7-4-12-21(19)24(22,23)16-11-10-14-5-1-2-6-15(14)13-16;/h3,8-11,13H,1-2,4-7,12,20H2;1H. The van der Waals surface area contributed by atoms with E-state index in [1.54, 1.807) is 6.07 Å². The van der Waals surface area contributed by atoms with Crippen LogP contribution in [0.1, 0.15) is 36.0 Å². The van der Waals surface area contributed by atoms with Crippen molar-refractivity contribution in [3.05, 3.63) is 53.1 Å². The molecule has 2 aromatic carbocycles. The molecule has 25 heavy (non-hydrogen) atoms. The number of nitrogens with zero attached hydrogens (tertiary/aromatic N) is 1. The number of fused-ring (bicyclic) bond motifs is 2. The second-order valence-electron chi connectivity index (χ2n) is 6.66. The normalized spacial score (nSPS) is 16.6. The molecular weight excluding hydrogens is 356 g/mol. The first-order chi connectivity index (χ1) is 11.6. The Hall–Kier alpha value is -1.72. The quantitative estimate of drug-likeness (QED) is 0.810. The third kappa shape index (κ3) is 3.11. The summed E-state index contributed by atoms with van der Waals surface area (Å²) in [5, 5.41) is 0. The van der Waals surface area contributed by atoms with Gasteiger partial charge < -0.3 is 5.73 Å². The highest BCUT2D eigenvalue weighted by Crippen LogP contribution is 2.35. The second kappa shape index (κ2) is 6.89. The summed E-state index contributed by atoms with van der Waals surface area (Å²) in [5.41, 5.74) is 10.9. The lowest BCUT2D eigenvalue weighted by molar-refractivity contribution is 0.586. The van der Waals surface area contributed by atoms with Crippen LogP contribution in [0.4, 0.5) is 11.4 Å². The monoisotopic (exact) mass is 378 g/mol. The third-order valence-electron chi connectivity index (χ3n) is 5.15. The van der Waals surface area contributed by atoms with Crippen LogP contribution < -0.4 is 10.0 Å². The maximum Gasteiger partial charge on any atom is 0.264 e. The first kappa shape index (κ1) is 18.1. The summed E-state index contributed by atoms with van der Waals surface area (Å²) in [6.07, 6.45) is 5.99. The lowest BCUT2D eigenvalue weighted by Crippen LogP contribution is -2.35. The number of aryl methyl sites for hydroxylation is 2. The average molecular weight is 379 g/mol. The minimum atomic E-state index is -3.55. The van der Waals surface area contributed by atoms with Gasteiger partial charge in [0, 0.05) is 12.2 Å². The van der Waals surface area contributed by atoms with Gasteiger partial charge in [0.2, 0.25) is 0 Å². The van der Waals surface area contributed by atoms with Crippen LogP contribution in [0.25, 0.3) is 0 Å². The Morgan fingerprint density at radius 2 is 1.68 bits per heavy atom. The van der Waals surface area contributed by atoms with Gasteiger partial charge in [-0.15, -0.1) is 12.4 Å². The van der Waals surface area contributed by atoms with Gasteiger partial charge >= 0.3 is 0 Å². The number of rotatable bonds is 2. The highest BCUT2D eigenvalue weighted by molar-refractivity contribution is 7.92. The molecule has 6 heteroatoms. The van der Waals surface area contributed by atoms with Crippen LogP contribution in [-0.4, -0.2) is 15.0 Å². The summed E-state index contributed by atoms with van der Waals surface area (Å²) in [5.74, 6) is 0. The van der Waals surface area contributed by atoms with Crippen LogP contribution >= 0.6 is 12.4 Å². The fourth-order valence-electron chi connectivity index (χ4n) is 3.87. The van der Waals surface area contributed by atoms with Crippen LogP contribution in [0, 0.1) is 0 Å². The Morgan fingerprint density at radius 3 is 2.48 bits per heavy atom. The largest absolute Gasteiger partial charge is 0.398 e. The number of hydrogen-bond acceptors (Lipinski definition) is 3. The van der Waals surface area contributed by atoms with Gasteiger partial charge in [0.15, 0.2) is 0 Å². The predicted octanol–water partition coefficient (Wildman–Crippen LogP) is 3.71. The third-order valence-corrected chi connectivity index (χ3v) is 6.96. The van der Waals surface area contributed by atoms with Crippen molar-refractivity contribution in [3.8, 4) is 0 Å². The Bertz CT molecular complexity index is 896. The highest BCUT2D eigenvalue weighted by atomic mass is 35.5. The summed E-state index contributed by atoms with van der Waals surface area (Å²) in [6, 6.07) is 11.2. The van der Waals surface area contributed by atoms with E-state index in [1.165, 1.54) is 21.9 Å². The number of anilines is 2. The number of nitrogen functional groups attached to an aromatic ring is 1. The molecule has 4 rings (SSSR count). The van der Waals surface area contributed by atoms with Crippen molar-refractivity contribution in [2.75, 3.05) is 16.6 Å². The highest BCUT2D eigenvalue weighted by Gasteiger charge is 2.30. The van der Waals surface area contributed by atoms with E-state index in [-0.39, 0.29) is 12.4 Å².